The van der Waals surface area contributed by atoms with E-state index in [9.17, 15) is 0 Å². The molecule has 1 N–H and O–H groups in total. The predicted octanol–water partition coefficient (Wildman–Crippen LogP) is 3.21. The third-order valence-electron chi connectivity index (χ3n) is 4.72. The summed E-state index contributed by atoms with van der Waals surface area (Å²) in [5.74, 6) is 1.92. The Labute approximate surface area is 122 Å². The second-order valence-corrected chi connectivity index (χ2v) is 7.48. The van der Waals surface area contributed by atoms with Crippen molar-refractivity contribution in [1.29, 1.82) is 0 Å². The number of anilines is 1. The van der Waals surface area contributed by atoms with Crippen LogP contribution < -0.4 is 10.2 Å². The van der Waals surface area contributed by atoms with Crippen LogP contribution in [0.3, 0.4) is 0 Å². The molecule has 0 bridgehead atoms. The maximum absolute atomic E-state index is 4.66. The van der Waals surface area contributed by atoms with Crippen molar-refractivity contribution in [2.75, 3.05) is 18.0 Å². The lowest BCUT2D eigenvalue weighted by Gasteiger charge is -2.27. The molecule has 3 rings (SSSR count). The molecule has 0 aromatic carbocycles. The van der Waals surface area contributed by atoms with Crippen LogP contribution in [-0.2, 0) is 6.54 Å². The van der Waals surface area contributed by atoms with Gasteiger partial charge in [-0.1, -0.05) is 26.8 Å². The van der Waals surface area contributed by atoms with Crippen LogP contribution in [0.4, 0.5) is 5.82 Å². The van der Waals surface area contributed by atoms with Gasteiger partial charge in [0.25, 0.3) is 0 Å². The highest BCUT2D eigenvalue weighted by Gasteiger charge is 2.32. The number of nitrogens with one attached hydrogen (secondary N) is 1. The average Bonchev–Trinajstić information content (AvgIpc) is 3.09. The van der Waals surface area contributed by atoms with Gasteiger partial charge in [0.1, 0.15) is 5.82 Å². The molecule has 0 radical (unpaired) electrons. The number of nitrogens with zero attached hydrogens (tertiary/aromatic N) is 2. The monoisotopic (exact) mass is 273 g/mol. The van der Waals surface area contributed by atoms with Crippen molar-refractivity contribution in [2.45, 2.75) is 52.6 Å². The molecular formula is C17H27N3. The molecule has 1 aromatic rings. The third kappa shape index (κ3) is 3.32. The summed E-state index contributed by atoms with van der Waals surface area (Å²) in [6, 6.07) is 5.18. The summed E-state index contributed by atoms with van der Waals surface area (Å²) in [6.45, 7) is 10.3. The Kier molecular flexibility index (Phi) is 3.72. The summed E-state index contributed by atoms with van der Waals surface area (Å²) in [6.07, 6.45) is 6.01. The topological polar surface area (TPSA) is 28.2 Å². The standard InChI is InChI=1S/C17H27N3/c1-17(2,3)14-8-9-20(12-14)16-7-4-13(11-19-16)10-18-15-5-6-15/h4,7,11,14-15,18H,5-6,8-10,12H2,1-3H3. The van der Waals surface area contributed by atoms with E-state index in [0.717, 1.165) is 37.4 Å². The fraction of sp³-hybridized carbons (Fsp3) is 0.706. The van der Waals surface area contributed by atoms with Gasteiger partial charge in [-0.2, -0.15) is 0 Å². The molecule has 3 nitrogen and oxygen atoms in total. The zero-order chi connectivity index (χ0) is 14.2. The van der Waals surface area contributed by atoms with Gasteiger partial charge in [0, 0.05) is 31.9 Å². The van der Waals surface area contributed by atoms with Crippen LogP contribution in [0.5, 0.6) is 0 Å². The van der Waals surface area contributed by atoms with E-state index >= 15 is 0 Å². The minimum absolute atomic E-state index is 0.406. The van der Waals surface area contributed by atoms with Gasteiger partial charge in [-0.3, -0.25) is 0 Å². The summed E-state index contributed by atoms with van der Waals surface area (Å²) in [5, 5.41) is 3.54. The molecule has 2 heterocycles. The van der Waals surface area contributed by atoms with E-state index in [1.54, 1.807) is 0 Å². The maximum Gasteiger partial charge on any atom is 0.128 e. The minimum atomic E-state index is 0.406. The Bertz CT molecular complexity index is 442. The molecule has 1 aliphatic carbocycles. The van der Waals surface area contributed by atoms with Crippen molar-refractivity contribution in [3.05, 3.63) is 23.9 Å². The Morgan fingerprint density at radius 1 is 1.25 bits per heavy atom. The van der Waals surface area contributed by atoms with Crippen LogP contribution in [0, 0.1) is 11.3 Å². The number of aromatic nitrogens is 1. The quantitative estimate of drug-likeness (QED) is 0.913. The molecule has 1 unspecified atom stereocenters. The number of hydrogen-bond donors (Lipinski definition) is 1. The molecule has 1 aliphatic heterocycles. The molecule has 1 saturated carbocycles. The van der Waals surface area contributed by atoms with Crippen molar-refractivity contribution in [2.24, 2.45) is 11.3 Å². The molecule has 3 heteroatoms. The fourth-order valence-electron chi connectivity index (χ4n) is 2.93. The van der Waals surface area contributed by atoms with Crippen molar-refractivity contribution in [1.82, 2.24) is 10.3 Å². The Balaban J connectivity index is 1.57. The maximum atomic E-state index is 4.66. The van der Waals surface area contributed by atoms with E-state index in [4.69, 9.17) is 0 Å². The SMILES string of the molecule is CC(C)(C)C1CCN(c2ccc(CNC3CC3)cn2)C1. The van der Waals surface area contributed by atoms with Crippen LogP contribution in [0.2, 0.25) is 0 Å². The van der Waals surface area contributed by atoms with Gasteiger partial charge in [-0.15, -0.1) is 0 Å². The van der Waals surface area contributed by atoms with Gasteiger partial charge in [0.15, 0.2) is 0 Å². The Morgan fingerprint density at radius 2 is 2.05 bits per heavy atom. The van der Waals surface area contributed by atoms with Crippen molar-refractivity contribution < 1.29 is 0 Å². The molecule has 20 heavy (non-hydrogen) atoms. The predicted molar refractivity (Wildman–Crippen MR) is 83.9 cm³/mol. The first kappa shape index (κ1) is 13.9. The molecule has 2 fully saturated rings. The smallest absolute Gasteiger partial charge is 0.128 e. The zero-order valence-electron chi connectivity index (χ0n) is 13.0. The van der Waals surface area contributed by atoms with E-state index < -0.39 is 0 Å². The number of rotatable bonds is 4. The summed E-state index contributed by atoms with van der Waals surface area (Å²) in [7, 11) is 0. The molecule has 110 valence electrons. The summed E-state index contributed by atoms with van der Waals surface area (Å²) in [5.41, 5.74) is 1.70. The van der Waals surface area contributed by atoms with E-state index in [2.05, 4.69) is 48.1 Å². The lowest BCUT2D eigenvalue weighted by Crippen LogP contribution is -2.26. The zero-order valence-corrected chi connectivity index (χ0v) is 13.0. The Hall–Kier alpha value is -1.09. The van der Waals surface area contributed by atoms with Gasteiger partial charge in [-0.25, -0.2) is 4.98 Å². The summed E-state index contributed by atoms with van der Waals surface area (Å²) < 4.78 is 0. The molecule has 2 aliphatic rings. The largest absolute Gasteiger partial charge is 0.356 e. The Morgan fingerprint density at radius 3 is 2.60 bits per heavy atom. The van der Waals surface area contributed by atoms with E-state index in [1.165, 1.54) is 24.8 Å². The van der Waals surface area contributed by atoms with Crippen LogP contribution in [0.15, 0.2) is 18.3 Å². The van der Waals surface area contributed by atoms with Gasteiger partial charge >= 0.3 is 0 Å². The van der Waals surface area contributed by atoms with Crippen LogP contribution >= 0.6 is 0 Å². The second-order valence-electron chi connectivity index (χ2n) is 7.48. The molecule has 1 atom stereocenters. The van der Waals surface area contributed by atoms with Gasteiger partial charge in [0.2, 0.25) is 0 Å². The first-order chi connectivity index (χ1) is 9.52. The summed E-state index contributed by atoms with van der Waals surface area (Å²) >= 11 is 0. The fourth-order valence-corrected chi connectivity index (χ4v) is 2.93. The minimum Gasteiger partial charge on any atom is -0.356 e. The normalized spacial score (nSPS) is 23.4. The van der Waals surface area contributed by atoms with E-state index in [0.29, 0.717) is 5.41 Å². The van der Waals surface area contributed by atoms with Gasteiger partial charge in [0.05, 0.1) is 0 Å². The average molecular weight is 273 g/mol. The van der Waals surface area contributed by atoms with E-state index in [-0.39, 0.29) is 0 Å². The van der Waals surface area contributed by atoms with Gasteiger partial charge < -0.3 is 10.2 Å². The van der Waals surface area contributed by atoms with Gasteiger partial charge in [-0.05, 0) is 42.2 Å². The lowest BCUT2D eigenvalue weighted by atomic mass is 9.80. The highest BCUT2D eigenvalue weighted by atomic mass is 15.2. The second kappa shape index (κ2) is 5.36. The van der Waals surface area contributed by atoms with Crippen molar-refractivity contribution >= 4 is 5.82 Å². The molecule has 0 spiro atoms. The molecule has 1 aromatic heterocycles. The lowest BCUT2D eigenvalue weighted by molar-refractivity contribution is 0.263. The highest BCUT2D eigenvalue weighted by molar-refractivity contribution is 5.40. The van der Waals surface area contributed by atoms with Crippen molar-refractivity contribution in [3.63, 3.8) is 0 Å². The van der Waals surface area contributed by atoms with Crippen LogP contribution in [-0.4, -0.2) is 24.1 Å². The first-order valence-electron chi connectivity index (χ1n) is 7.95. The van der Waals surface area contributed by atoms with E-state index in [1.807, 2.05) is 6.20 Å². The molecular weight excluding hydrogens is 246 g/mol. The number of hydrogen-bond acceptors (Lipinski definition) is 3. The molecule has 1 saturated heterocycles. The highest BCUT2D eigenvalue weighted by Crippen LogP contribution is 2.35. The van der Waals surface area contributed by atoms with Crippen LogP contribution in [0.25, 0.3) is 0 Å². The van der Waals surface area contributed by atoms with Crippen LogP contribution in [0.1, 0.15) is 45.6 Å². The van der Waals surface area contributed by atoms with Crippen molar-refractivity contribution in [3.8, 4) is 0 Å². The number of pyridine rings is 1. The summed E-state index contributed by atoms with van der Waals surface area (Å²) in [4.78, 5) is 7.10. The molecule has 0 amide bonds. The first-order valence-corrected chi connectivity index (χ1v) is 7.95. The third-order valence-corrected chi connectivity index (χ3v) is 4.72.